The van der Waals surface area contributed by atoms with E-state index in [-0.39, 0.29) is 0 Å². The summed E-state index contributed by atoms with van der Waals surface area (Å²) in [6.45, 7) is 6.10. The molecule has 0 saturated heterocycles. The Morgan fingerprint density at radius 3 is 2.72 bits per heavy atom. The Morgan fingerprint density at radius 1 is 1.16 bits per heavy atom. The highest BCUT2D eigenvalue weighted by molar-refractivity contribution is 5.30. The van der Waals surface area contributed by atoms with E-state index in [0.717, 1.165) is 51.1 Å². The molecule has 2 atom stereocenters. The van der Waals surface area contributed by atoms with Crippen molar-refractivity contribution < 1.29 is 0 Å². The fourth-order valence-corrected chi connectivity index (χ4v) is 3.65. The molecule has 0 amide bonds. The van der Waals surface area contributed by atoms with Gasteiger partial charge in [-0.1, -0.05) is 30.3 Å². The van der Waals surface area contributed by atoms with Crippen molar-refractivity contribution in [2.45, 2.75) is 44.8 Å². The Labute approximate surface area is 151 Å². The largest absolute Gasteiger partial charge is 0.330 e. The molecule has 0 fully saturated rings. The van der Waals surface area contributed by atoms with E-state index in [1.54, 1.807) is 0 Å². The highest BCUT2D eigenvalue weighted by Crippen LogP contribution is 2.22. The van der Waals surface area contributed by atoms with E-state index >= 15 is 0 Å². The molecule has 0 radical (unpaired) electrons. The van der Waals surface area contributed by atoms with Gasteiger partial charge in [-0.3, -0.25) is 9.88 Å². The van der Waals surface area contributed by atoms with E-state index < -0.39 is 0 Å². The number of nitrogens with two attached hydrogens (primary N) is 1. The van der Waals surface area contributed by atoms with Gasteiger partial charge in [0.1, 0.15) is 0 Å². The van der Waals surface area contributed by atoms with Crippen molar-refractivity contribution in [2.24, 2.45) is 5.73 Å². The van der Waals surface area contributed by atoms with Crippen LogP contribution in [0.1, 0.15) is 42.6 Å². The number of hydrogen-bond donors (Lipinski definition) is 2. The lowest BCUT2D eigenvalue weighted by Crippen LogP contribution is -2.45. The van der Waals surface area contributed by atoms with Crippen LogP contribution < -0.4 is 11.1 Å². The van der Waals surface area contributed by atoms with Crippen LogP contribution in [0.4, 0.5) is 0 Å². The lowest BCUT2D eigenvalue weighted by atomic mass is 9.95. The molecule has 25 heavy (non-hydrogen) atoms. The fourth-order valence-electron chi connectivity index (χ4n) is 3.65. The first-order valence-electron chi connectivity index (χ1n) is 9.43. The van der Waals surface area contributed by atoms with E-state index in [0.29, 0.717) is 12.1 Å². The minimum absolute atomic E-state index is 0.318. The molecule has 3 rings (SSSR count). The summed E-state index contributed by atoms with van der Waals surface area (Å²) < 4.78 is 0. The van der Waals surface area contributed by atoms with Crippen molar-refractivity contribution in [2.75, 3.05) is 19.6 Å². The van der Waals surface area contributed by atoms with E-state index in [4.69, 9.17) is 5.73 Å². The van der Waals surface area contributed by atoms with Gasteiger partial charge in [-0.25, -0.2) is 0 Å². The van der Waals surface area contributed by atoms with Gasteiger partial charge in [0.15, 0.2) is 0 Å². The zero-order valence-electron chi connectivity index (χ0n) is 15.2. The molecule has 3 N–H and O–H groups in total. The third-order valence-corrected chi connectivity index (χ3v) is 5.18. The summed E-state index contributed by atoms with van der Waals surface area (Å²) in [6, 6.07) is 15.8. The average molecular weight is 338 g/mol. The van der Waals surface area contributed by atoms with Gasteiger partial charge in [0, 0.05) is 31.4 Å². The molecule has 1 aromatic heterocycles. The topological polar surface area (TPSA) is 54.2 Å². The third-order valence-electron chi connectivity index (χ3n) is 5.18. The minimum atomic E-state index is 0.318. The number of benzene rings is 1. The molecule has 0 bridgehead atoms. The first kappa shape index (κ1) is 18.1. The maximum absolute atomic E-state index is 5.70. The monoisotopic (exact) mass is 338 g/mol. The molecule has 1 aromatic carbocycles. The molecular formula is C21H30N4. The molecule has 0 saturated carbocycles. The van der Waals surface area contributed by atoms with Crippen LogP contribution in [0.25, 0.3) is 0 Å². The predicted octanol–water partition coefficient (Wildman–Crippen LogP) is 2.90. The number of rotatable bonds is 8. The maximum atomic E-state index is 5.70. The summed E-state index contributed by atoms with van der Waals surface area (Å²) in [7, 11) is 0. The molecule has 1 aliphatic heterocycles. The van der Waals surface area contributed by atoms with E-state index in [2.05, 4.69) is 58.5 Å². The standard InChI is InChI=1S/C21H30N4/c1-17(21-10-4-6-12-23-21)25(13-7-5-11-22)16-20-14-18-8-2-3-9-19(18)15-24-20/h2-4,6,8-10,12,17,20,24H,5,7,11,13-16,22H2,1H3/t17-,20-/m1/s1. The van der Waals surface area contributed by atoms with Crippen molar-refractivity contribution >= 4 is 0 Å². The zero-order valence-corrected chi connectivity index (χ0v) is 15.2. The van der Waals surface area contributed by atoms with Crippen molar-refractivity contribution in [1.29, 1.82) is 0 Å². The van der Waals surface area contributed by atoms with Crippen LogP contribution in [0.3, 0.4) is 0 Å². The minimum Gasteiger partial charge on any atom is -0.330 e. The van der Waals surface area contributed by atoms with Gasteiger partial charge in [0.05, 0.1) is 5.69 Å². The molecule has 1 aliphatic rings. The number of pyridine rings is 1. The molecular weight excluding hydrogens is 308 g/mol. The van der Waals surface area contributed by atoms with E-state index in [1.807, 2.05) is 12.3 Å². The smallest absolute Gasteiger partial charge is 0.0572 e. The SMILES string of the molecule is C[C@H](c1ccccn1)N(CCCCN)C[C@H]1Cc2ccccc2CN1. The predicted molar refractivity (Wildman–Crippen MR) is 103 cm³/mol. The number of aromatic nitrogens is 1. The third kappa shape index (κ3) is 4.88. The Balaban J connectivity index is 1.67. The summed E-state index contributed by atoms with van der Waals surface area (Å²) in [5.74, 6) is 0. The second kappa shape index (κ2) is 9.09. The number of unbranched alkanes of at least 4 members (excludes halogenated alkanes) is 1. The molecule has 4 nitrogen and oxygen atoms in total. The summed E-state index contributed by atoms with van der Waals surface area (Å²) in [4.78, 5) is 7.13. The lowest BCUT2D eigenvalue weighted by Gasteiger charge is -2.35. The Hall–Kier alpha value is -1.75. The van der Waals surface area contributed by atoms with Crippen LogP contribution in [-0.4, -0.2) is 35.6 Å². The summed E-state index contributed by atoms with van der Waals surface area (Å²) in [5.41, 5.74) is 9.76. The zero-order chi connectivity index (χ0) is 17.5. The normalized spacial score (nSPS) is 18.1. The summed E-state index contributed by atoms with van der Waals surface area (Å²) in [6.07, 6.45) is 5.20. The van der Waals surface area contributed by atoms with Gasteiger partial charge in [-0.15, -0.1) is 0 Å². The van der Waals surface area contributed by atoms with Gasteiger partial charge in [0.2, 0.25) is 0 Å². The number of hydrogen-bond acceptors (Lipinski definition) is 4. The Kier molecular flexibility index (Phi) is 6.56. The fraction of sp³-hybridized carbons (Fsp3) is 0.476. The maximum Gasteiger partial charge on any atom is 0.0572 e. The van der Waals surface area contributed by atoms with Crippen LogP contribution in [-0.2, 0) is 13.0 Å². The first-order chi connectivity index (χ1) is 12.3. The van der Waals surface area contributed by atoms with Crippen LogP contribution in [0.15, 0.2) is 48.7 Å². The molecule has 0 spiro atoms. The second-order valence-corrected chi connectivity index (χ2v) is 6.97. The molecule has 134 valence electrons. The van der Waals surface area contributed by atoms with Gasteiger partial charge in [0.25, 0.3) is 0 Å². The van der Waals surface area contributed by atoms with Crippen molar-refractivity contribution in [1.82, 2.24) is 15.2 Å². The number of nitrogens with zero attached hydrogens (tertiary/aromatic N) is 2. The van der Waals surface area contributed by atoms with Crippen molar-refractivity contribution in [3.63, 3.8) is 0 Å². The van der Waals surface area contributed by atoms with E-state index in [9.17, 15) is 0 Å². The molecule has 4 heteroatoms. The van der Waals surface area contributed by atoms with Gasteiger partial charge < -0.3 is 11.1 Å². The van der Waals surface area contributed by atoms with Gasteiger partial charge >= 0.3 is 0 Å². The van der Waals surface area contributed by atoms with Crippen molar-refractivity contribution in [3.05, 3.63) is 65.5 Å². The Bertz CT molecular complexity index is 643. The van der Waals surface area contributed by atoms with Crippen LogP contribution in [0.2, 0.25) is 0 Å². The number of fused-ring (bicyclic) bond motifs is 1. The second-order valence-electron chi connectivity index (χ2n) is 6.97. The molecule has 0 unspecified atom stereocenters. The highest BCUT2D eigenvalue weighted by atomic mass is 15.2. The Morgan fingerprint density at radius 2 is 1.96 bits per heavy atom. The van der Waals surface area contributed by atoms with Crippen molar-refractivity contribution in [3.8, 4) is 0 Å². The summed E-state index contributed by atoms with van der Waals surface area (Å²) >= 11 is 0. The van der Waals surface area contributed by atoms with Crippen LogP contribution in [0, 0.1) is 0 Å². The van der Waals surface area contributed by atoms with E-state index in [1.165, 1.54) is 11.1 Å². The molecule has 0 aliphatic carbocycles. The molecule has 2 aromatic rings. The van der Waals surface area contributed by atoms with Gasteiger partial charge in [-0.05, 0) is 62.5 Å². The summed E-state index contributed by atoms with van der Waals surface area (Å²) in [5, 5.41) is 3.72. The molecule has 2 heterocycles. The number of nitrogens with one attached hydrogen (secondary N) is 1. The lowest BCUT2D eigenvalue weighted by molar-refractivity contribution is 0.177. The van der Waals surface area contributed by atoms with Crippen LogP contribution >= 0.6 is 0 Å². The average Bonchev–Trinajstić information content (AvgIpc) is 2.67. The van der Waals surface area contributed by atoms with Gasteiger partial charge in [-0.2, -0.15) is 0 Å². The quantitative estimate of drug-likeness (QED) is 0.727. The first-order valence-corrected chi connectivity index (χ1v) is 9.43. The van der Waals surface area contributed by atoms with Crippen LogP contribution in [0.5, 0.6) is 0 Å². The highest BCUT2D eigenvalue weighted by Gasteiger charge is 2.23.